The Labute approximate surface area is 189 Å². The zero-order chi connectivity index (χ0) is 25.6. The number of nitrogens with zero attached hydrogens (tertiary/aromatic N) is 1. The van der Waals surface area contributed by atoms with E-state index in [1.165, 1.54) is 33.3 Å². The van der Waals surface area contributed by atoms with Crippen LogP contribution in [-0.2, 0) is 12.4 Å². The van der Waals surface area contributed by atoms with E-state index in [0.29, 0.717) is 12.1 Å². The molecule has 12 heteroatoms. The molecule has 1 N–H and O–H groups in total. The van der Waals surface area contributed by atoms with Gasteiger partial charge in [-0.1, -0.05) is 0 Å². The van der Waals surface area contributed by atoms with E-state index >= 15 is 0 Å². The van der Waals surface area contributed by atoms with Gasteiger partial charge >= 0.3 is 18.4 Å². The molecule has 0 saturated carbocycles. The van der Waals surface area contributed by atoms with Crippen molar-refractivity contribution >= 4 is 23.1 Å². The topological polar surface area (TPSA) is 76.1 Å². The maximum atomic E-state index is 13.3. The predicted molar refractivity (Wildman–Crippen MR) is 108 cm³/mol. The molecule has 1 aliphatic rings. The molecular formula is C22H17F6NO5. The average molecular weight is 489 g/mol. The number of methoxy groups -OCH3 is 2. The van der Waals surface area contributed by atoms with E-state index in [9.17, 15) is 41.0 Å². The average Bonchev–Trinajstić information content (AvgIpc) is 2.75. The molecule has 182 valence electrons. The second-order valence-electron chi connectivity index (χ2n) is 7.32. The molecule has 0 fully saturated rings. The molecule has 0 saturated heterocycles. The highest BCUT2D eigenvalue weighted by Gasteiger charge is 2.39. The molecule has 0 bridgehead atoms. The van der Waals surface area contributed by atoms with Crippen LogP contribution in [0.4, 0.5) is 36.8 Å². The van der Waals surface area contributed by atoms with Gasteiger partial charge in [-0.15, -0.1) is 0 Å². The first-order valence-electron chi connectivity index (χ1n) is 9.53. The fourth-order valence-corrected chi connectivity index (χ4v) is 3.62. The lowest BCUT2D eigenvalue weighted by Gasteiger charge is -2.32. The van der Waals surface area contributed by atoms with Gasteiger partial charge in [0.2, 0.25) is 0 Å². The number of amides is 1. The number of hydrogen-bond acceptors (Lipinski definition) is 4. The summed E-state index contributed by atoms with van der Waals surface area (Å²) < 4.78 is 89.9. The zero-order valence-corrected chi connectivity index (χ0v) is 17.8. The smallest absolute Gasteiger partial charge is 0.416 e. The molecule has 0 aliphatic carbocycles. The van der Waals surface area contributed by atoms with Gasteiger partial charge in [-0.05, 0) is 37.3 Å². The number of carbonyl (C=O) groups excluding carboxylic acids is 1. The molecule has 2 aromatic rings. The molecule has 1 atom stereocenters. The fourth-order valence-electron chi connectivity index (χ4n) is 3.62. The summed E-state index contributed by atoms with van der Waals surface area (Å²) in [6.45, 7) is 1.40. The van der Waals surface area contributed by atoms with Crippen molar-refractivity contribution in [2.24, 2.45) is 0 Å². The number of ketones is 1. The van der Waals surface area contributed by atoms with Crippen molar-refractivity contribution in [3.8, 4) is 11.5 Å². The van der Waals surface area contributed by atoms with Gasteiger partial charge in [-0.2, -0.15) is 26.3 Å². The van der Waals surface area contributed by atoms with Gasteiger partial charge < -0.3 is 14.6 Å². The van der Waals surface area contributed by atoms with E-state index in [0.717, 1.165) is 11.0 Å². The lowest BCUT2D eigenvalue weighted by Crippen LogP contribution is -2.39. The summed E-state index contributed by atoms with van der Waals surface area (Å²) >= 11 is 0. The van der Waals surface area contributed by atoms with Crippen molar-refractivity contribution in [2.75, 3.05) is 19.1 Å². The number of fused-ring (bicyclic) bond motifs is 1. The van der Waals surface area contributed by atoms with Crippen LogP contribution < -0.4 is 14.4 Å². The maximum Gasteiger partial charge on any atom is 0.416 e. The minimum absolute atomic E-state index is 0.0495. The van der Waals surface area contributed by atoms with Gasteiger partial charge in [-0.3, -0.25) is 9.69 Å². The minimum atomic E-state index is -5.14. The van der Waals surface area contributed by atoms with Crippen molar-refractivity contribution in [2.45, 2.75) is 25.3 Å². The van der Waals surface area contributed by atoms with Gasteiger partial charge in [0.15, 0.2) is 17.3 Å². The van der Waals surface area contributed by atoms with Crippen molar-refractivity contribution < 1.29 is 50.5 Å². The molecule has 34 heavy (non-hydrogen) atoms. The first kappa shape index (κ1) is 24.9. The Kier molecular flexibility index (Phi) is 6.29. The predicted octanol–water partition coefficient (Wildman–Crippen LogP) is 5.89. The third-order valence-electron chi connectivity index (χ3n) is 5.17. The van der Waals surface area contributed by atoms with Gasteiger partial charge in [-0.25, -0.2) is 4.79 Å². The van der Waals surface area contributed by atoms with Crippen molar-refractivity contribution in [1.82, 2.24) is 0 Å². The van der Waals surface area contributed by atoms with Crippen LogP contribution in [-0.4, -0.2) is 37.2 Å². The molecule has 1 unspecified atom stereocenters. The molecule has 1 aliphatic heterocycles. The van der Waals surface area contributed by atoms with E-state index in [1.807, 2.05) is 0 Å². The molecule has 2 aromatic carbocycles. The third-order valence-corrected chi connectivity index (χ3v) is 5.17. The quantitative estimate of drug-likeness (QED) is 0.428. The monoisotopic (exact) mass is 489 g/mol. The number of Topliss-reactive ketones (excluding diaryl/α,β-unsaturated/α-hetero) is 1. The van der Waals surface area contributed by atoms with Crippen LogP contribution in [0.25, 0.3) is 5.57 Å². The van der Waals surface area contributed by atoms with E-state index in [-0.39, 0.29) is 34.4 Å². The van der Waals surface area contributed by atoms with Gasteiger partial charge in [0.05, 0.1) is 37.1 Å². The fraction of sp³-hybridized carbons (Fsp3) is 0.273. The number of ether oxygens (including phenoxy) is 2. The van der Waals surface area contributed by atoms with Crippen molar-refractivity contribution in [3.05, 3.63) is 58.7 Å². The van der Waals surface area contributed by atoms with E-state index in [4.69, 9.17) is 9.47 Å². The van der Waals surface area contributed by atoms with Gasteiger partial charge in [0, 0.05) is 22.8 Å². The summed E-state index contributed by atoms with van der Waals surface area (Å²) in [6.07, 6.45) is -10.5. The normalized spacial score (nSPS) is 16.0. The molecule has 0 spiro atoms. The Bertz CT molecular complexity index is 1150. The number of halogens is 6. The lowest BCUT2D eigenvalue weighted by molar-refractivity contribution is -0.143. The summed E-state index contributed by atoms with van der Waals surface area (Å²) in [4.78, 5) is 26.0. The number of rotatable bonds is 4. The lowest BCUT2D eigenvalue weighted by atomic mass is 9.88. The Morgan fingerprint density at radius 2 is 1.38 bits per heavy atom. The summed E-state index contributed by atoms with van der Waals surface area (Å²) in [5.74, 6) is -0.978. The molecule has 1 amide bonds. The molecular weight excluding hydrogens is 472 g/mol. The third kappa shape index (κ3) is 4.52. The molecule has 1 heterocycles. The summed E-state index contributed by atoms with van der Waals surface area (Å²) in [6, 6.07) is 2.09. The second kappa shape index (κ2) is 8.58. The highest BCUT2D eigenvalue weighted by molar-refractivity contribution is 6.31. The number of alkyl halides is 6. The van der Waals surface area contributed by atoms with Crippen molar-refractivity contribution in [3.63, 3.8) is 0 Å². The zero-order valence-electron chi connectivity index (χ0n) is 17.8. The number of carboxylic acid groups (broad SMARTS) is 1. The Hall–Kier alpha value is -3.70. The number of benzene rings is 2. The van der Waals surface area contributed by atoms with Crippen LogP contribution in [0.1, 0.15) is 34.0 Å². The van der Waals surface area contributed by atoms with Crippen LogP contribution in [0, 0.1) is 0 Å². The number of carbonyl (C=O) groups is 2. The highest BCUT2D eigenvalue weighted by atomic mass is 19.4. The van der Waals surface area contributed by atoms with Crippen molar-refractivity contribution in [1.29, 1.82) is 0 Å². The largest absolute Gasteiger partial charge is 0.493 e. The standard InChI is InChI=1S/C22H17F6NO5/c1-10-4-15(14-8-17(33-2)18(34-3)9-16(14)29(10)20(31)32)19(30)11-5-12(21(23,24)25)7-13(6-11)22(26,27)28/h4-10H,1-3H3,(H,31,32). The van der Waals surface area contributed by atoms with E-state index in [2.05, 4.69) is 0 Å². The number of anilines is 1. The molecule has 6 nitrogen and oxygen atoms in total. The number of allylic oxidation sites excluding steroid dienone is 1. The summed E-state index contributed by atoms with van der Waals surface area (Å²) in [5.41, 5.74) is -4.54. The van der Waals surface area contributed by atoms with Crippen LogP contribution in [0.3, 0.4) is 0 Å². The minimum Gasteiger partial charge on any atom is -0.493 e. The second-order valence-corrected chi connectivity index (χ2v) is 7.32. The molecule has 0 radical (unpaired) electrons. The van der Waals surface area contributed by atoms with Crippen LogP contribution in [0.5, 0.6) is 11.5 Å². The highest BCUT2D eigenvalue weighted by Crippen LogP contribution is 2.44. The first-order chi connectivity index (χ1) is 15.7. The van der Waals surface area contributed by atoms with Gasteiger partial charge in [0.25, 0.3) is 0 Å². The first-order valence-corrected chi connectivity index (χ1v) is 9.53. The van der Waals surface area contributed by atoms with E-state index in [1.54, 1.807) is 0 Å². The van der Waals surface area contributed by atoms with Gasteiger partial charge in [0.1, 0.15) is 0 Å². The SMILES string of the molecule is COc1cc2c(cc1OC)N(C(=O)O)C(C)C=C2C(=O)c1cc(C(F)(F)F)cc(C(F)(F)F)c1. The summed E-state index contributed by atoms with van der Waals surface area (Å²) in [5, 5.41) is 9.63. The van der Waals surface area contributed by atoms with Crippen LogP contribution in [0.15, 0.2) is 36.4 Å². The van der Waals surface area contributed by atoms with Crippen LogP contribution >= 0.6 is 0 Å². The maximum absolute atomic E-state index is 13.3. The Morgan fingerprint density at radius 1 is 0.882 bits per heavy atom. The van der Waals surface area contributed by atoms with E-state index < -0.39 is 47.0 Å². The number of hydrogen-bond donors (Lipinski definition) is 1. The Balaban J connectivity index is 2.26. The molecule has 0 aromatic heterocycles. The Morgan fingerprint density at radius 3 is 1.82 bits per heavy atom. The summed E-state index contributed by atoms with van der Waals surface area (Å²) in [7, 11) is 2.54. The molecule has 3 rings (SSSR count). The van der Waals surface area contributed by atoms with Crippen LogP contribution in [0.2, 0.25) is 0 Å².